The van der Waals surface area contributed by atoms with Crippen molar-refractivity contribution in [1.29, 1.82) is 0 Å². The number of Topliss-reactive ketones (excluding diaryl/α,β-unsaturated/α-hetero) is 1. The van der Waals surface area contributed by atoms with Crippen molar-refractivity contribution in [3.63, 3.8) is 0 Å². The van der Waals surface area contributed by atoms with Gasteiger partial charge in [0.2, 0.25) is 0 Å². The highest BCUT2D eigenvalue weighted by molar-refractivity contribution is 6.46. The molecular weight excluding hydrogens is 437 g/mol. The minimum absolute atomic E-state index is 0.0184. The second kappa shape index (κ2) is 9.79. The van der Waals surface area contributed by atoms with Crippen molar-refractivity contribution in [1.82, 2.24) is 4.90 Å². The van der Waals surface area contributed by atoms with Gasteiger partial charge < -0.3 is 19.5 Å². The Balaban J connectivity index is 1.73. The number of aliphatic hydroxyl groups is 1. The van der Waals surface area contributed by atoms with Gasteiger partial charge in [0.05, 0.1) is 25.8 Å². The molecule has 0 bridgehead atoms. The summed E-state index contributed by atoms with van der Waals surface area (Å²) in [6.07, 6.45) is 0.427. The van der Waals surface area contributed by atoms with Gasteiger partial charge in [-0.25, -0.2) is 4.39 Å². The molecule has 0 radical (unpaired) electrons. The molecule has 1 amide bonds. The predicted molar refractivity (Wildman–Crippen MR) is 125 cm³/mol. The quantitative estimate of drug-likeness (QED) is 0.318. The van der Waals surface area contributed by atoms with E-state index in [9.17, 15) is 19.1 Å². The molecule has 34 heavy (non-hydrogen) atoms. The zero-order chi connectivity index (χ0) is 24.2. The number of likely N-dealkylation sites (tertiary alicyclic amines) is 1. The van der Waals surface area contributed by atoms with E-state index in [4.69, 9.17) is 9.47 Å². The first-order chi connectivity index (χ1) is 16.4. The van der Waals surface area contributed by atoms with Crippen LogP contribution in [0.5, 0.6) is 11.5 Å². The number of rotatable bonds is 7. The molecular formula is C27H24FNO5. The molecule has 0 saturated carbocycles. The fourth-order valence-corrected chi connectivity index (χ4v) is 4.14. The minimum Gasteiger partial charge on any atom is -0.507 e. The van der Waals surface area contributed by atoms with Crippen LogP contribution in [0.2, 0.25) is 0 Å². The van der Waals surface area contributed by atoms with E-state index in [1.807, 2.05) is 12.1 Å². The summed E-state index contributed by atoms with van der Waals surface area (Å²) in [5, 5.41) is 11.0. The zero-order valence-electron chi connectivity index (χ0n) is 18.8. The number of carbonyl (C=O) groups is 2. The van der Waals surface area contributed by atoms with Crippen LogP contribution in [0, 0.1) is 5.82 Å². The number of benzene rings is 3. The number of aliphatic hydroxyl groups excluding tert-OH is 1. The van der Waals surface area contributed by atoms with Gasteiger partial charge in [-0.15, -0.1) is 0 Å². The molecule has 7 heteroatoms. The minimum atomic E-state index is -0.846. The van der Waals surface area contributed by atoms with Crippen molar-refractivity contribution < 1.29 is 28.6 Å². The maximum Gasteiger partial charge on any atom is 0.295 e. The van der Waals surface area contributed by atoms with Crippen LogP contribution in [0.15, 0.2) is 78.4 Å². The van der Waals surface area contributed by atoms with Gasteiger partial charge in [-0.3, -0.25) is 9.59 Å². The van der Waals surface area contributed by atoms with Crippen molar-refractivity contribution in [3.05, 3.63) is 101 Å². The number of nitrogens with zero attached hydrogens (tertiary/aromatic N) is 1. The lowest BCUT2D eigenvalue weighted by molar-refractivity contribution is -0.139. The Morgan fingerprint density at radius 2 is 1.62 bits per heavy atom. The molecule has 1 fully saturated rings. The number of hydrogen-bond acceptors (Lipinski definition) is 5. The summed E-state index contributed by atoms with van der Waals surface area (Å²) in [6.45, 7) is 0.202. The third-order valence-corrected chi connectivity index (χ3v) is 5.86. The smallest absolute Gasteiger partial charge is 0.295 e. The number of ether oxygens (including phenoxy) is 2. The largest absolute Gasteiger partial charge is 0.507 e. The summed E-state index contributed by atoms with van der Waals surface area (Å²) in [4.78, 5) is 27.5. The summed E-state index contributed by atoms with van der Waals surface area (Å²) >= 11 is 0. The molecule has 1 heterocycles. The van der Waals surface area contributed by atoms with Gasteiger partial charge in [0, 0.05) is 12.1 Å². The Morgan fingerprint density at radius 3 is 2.26 bits per heavy atom. The van der Waals surface area contributed by atoms with E-state index in [0.29, 0.717) is 29.0 Å². The first-order valence-corrected chi connectivity index (χ1v) is 10.7. The SMILES string of the molecule is COc1ccc(CCN2C(=O)C(=O)/C(=C(\O)c3ccccc3)C2c2ccc(F)cc2)cc1OC. The lowest BCUT2D eigenvalue weighted by atomic mass is 9.95. The van der Waals surface area contributed by atoms with Crippen LogP contribution in [-0.2, 0) is 16.0 Å². The van der Waals surface area contributed by atoms with Crippen LogP contribution in [0.4, 0.5) is 4.39 Å². The number of methoxy groups -OCH3 is 2. The fourth-order valence-electron chi connectivity index (χ4n) is 4.14. The molecule has 174 valence electrons. The van der Waals surface area contributed by atoms with Crippen molar-refractivity contribution >= 4 is 17.4 Å². The summed E-state index contributed by atoms with van der Waals surface area (Å²) in [5.41, 5.74) is 1.81. The van der Waals surface area contributed by atoms with Gasteiger partial charge >= 0.3 is 0 Å². The zero-order valence-corrected chi connectivity index (χ0v) is 18.8. The summed E-state index contributed by atoms with van der Waals surface area (Å²) in [5.74, 6) is -1.05. The van der Waals surface area contributed by atoms with E-state index >= 15 is 0 Å². The molecule has 6 nitrogen and oxygen atoms in total. The van der Waals surface area contributed by atoms with E-state index in [0.717, 1.165) is 5.56 Å². The molecule has 0 spiro atoms. The molecule has 1 saturated heterocycles. The summed E-state index contributed by atoms with van der Waals surface area (Å²) in [7, 11) is 3.09. The Hall–Kier alpha value is -4.13. The highest BCUT2D eigenvalue weighted by Crippen LogP contribution is 2.39. The van der Waals surface area contributed by atoms with Crippen LogP contribution in [-0.4, -0.2) is 42.5 Å². The molecule has 1 N–H and O–H groups in total. The number of halogens is 1. The third kappa shape index (κ3) is 4.37. The Labute approximate surface area is 196 Å². The average Bonchev–Trinajstić information content (AvgIpc) is 3.12. The van der Waals surface area contributed by atoms with Gasteiger partial charge in [0.15, 0.2) is 11.5 Å². The van der Waals surface area contributed by atoms with Crippen molar-refractivity contribution in [2.24, 2.45) is 0 Å². The Kier molecular flexibility index (Phi) is 6.63. The molecule has 1 aliphatic rings. The molecule has 1 aliphatic heterocycles. The van der Waals surface area contributed by atoms with E-state index in [1.54, 1.807) is 43.5 Å². The molecule has 0 aromatic heterocycles. The highest BCUT2D eigenvalue weighted by atomic mass is 19.1. The lowest BCUT2D eigenvalue weighted by Gasteiger charge is -2.25. The topological polar surface area (TPSA) is 76.1 Å². The third-order valence-electron chi connectivity index (χ3n) is 5.86. The number of carbonyl (C=O) groups excluding carboxylic acids is 2. The van der Waals surface area contributed by atoms with Crippen LogP contribution in [0.3, 0.4) is 0 Å². The lowest BCUT2D eigenvalue weighted by Crippen LogP contribution is -2.31. The van der Waals surface area contributed by atoms with E-state index in [1.165, 1.54) is 36.3 Å². The first-order valence-electron chi connectivity index (χ1n) is 10.7. The first kappa shape index (κ1) is 23.0. The second-order valence-corrected chi connectivity index (χ2v) is 7.85. The Bertz CT molecular complexity index is 1240. The molecule has 1 unspecified atom stereocenters. The maximum atomic E-state index is 13.6. The highest BCUT2D eigenvalue weighted by Gasteiger charge is 2.45. The molecule has 0 aliphatic carbocycles. The Morgan fingerprint density at radius 1 is 0.941 bits per heavy atom. The standard InChI is InChI=1S/C27H24FNO5/c1-33-21-13-8-17(16-22(21)34-2)14-15-29-24(18-9-11-20(28)12-10-18)23(26(31)27(29)32)25(30)19-6-4-3-5-7-19/h3-13,16,24,30H,14-15H2,1-2H3/b25-23-. The van der Waals surface area contributed by atoms with Gasteiger partial charge in [0.1, 0.15) is 11.6 Å². The maximum absolute atomic E-state index is 13.6. The normalized spacial score (nSPS) is 17.1. The van der Waals surface area contributed by atoms with Gasteiger partial charge in [-0.1, -0.05) is 48.5 Å². The van der Waals surface area contributed by atoms with Crippen LogP contribution in [0.25, 0.3) is 5.76 Å². The predicted octanol–water partition coefficient (Wildman–Crippen LogP) is 4.51. The number of amides is 1. The second-order valence-electron chi connectivity index (χ2n) is 7.85. The van der Waals surface area contributed by atoms with E-state index in [2.05, 4.69) is 0 Å². The number of hydrogen-bond donors (Lipinski definition) is 1. The molecule has 4 rings (SSSR count). The van der Waals surface area contributed by atoms with Crippen LogP contribution < -0.4 is 9.47 Å². The van der Waals surface area contributed by atoms with E-state index < -0.39 is 23.5 Å². The molecule has 3 aromatic rings. The van der Waals surface area contributed by atoms with E-state index in [-0.39, 0.29) is 17.9 Å². The molecule has 1 atom stereocenters. The molecule has 3 aromatic carbocycles. The van der Waals surface area contributed by atoms with Crippen molar-refractivity contribution in [2.75, 3.05) is 20.8 Å². The fraction of sp³-hybridized carbons (Fsp3) is 0.185. The van der Waals surface area contributed by atoms with Gasteiger partial charge in [0.25, 0.3) is 11.7 Å². The van der Waals surface area contributed by atoms with Crippen molar-refractivity contribution in [3.8, 4) is 11.5 Å². The monoisotopic (exact) mass is 461 g/mol. The van der Waals surface area contributed by atoms with Crippen LogP contribution >= 0.6 is 0 Å². The summed E-state index contributed by atoms with van der Waals surface area (Å²) in [6, 6.07) is 18.7. The van der Waals surface area contributed by atoms with Crippen LogP contribution in [0.1, 0.15) is 22.7 Å². The van der Waals surface area contributed by atoms with Gasteiger partial charge in [-0.05, 0) is 41.8 Å². The van der Waals surface area contributed by atoms with Crippen molar-refractivity contribution in [2.45, 2.75) is 12.5 Å². The number of ketones is 1. The average molecular weight is 461 g/mol. The summed E-state index contributed by atoms with van der Waals surface area (Å²) < 4.78 is 24.2. The van der Waals surface area contributed by atoms with Gasteiger partial charge in [-0.2, -0.15) is 0 Å².